The van der Waals surface area contributed by atoms with Gasteiger partial charge >= 0.3 is 0 Å². The lowest BCUT2D eigenvalue weighted by molar-refractivity contribution is 1.16. The minimum absolute atomic E-state index is 1.13. The standard InChI is InChI=1S/C52H33N3/c1-3-16-36(17-4-1)53-46-24-12-9-21-40(46)43-29-27-35(32-49(43)53)51-39-20-8-7-15-34(39)31-45-42-23-11-14-26-48(42)55(52(45)51)38-28-30-44-41-22-10-13-25-47(41)54(50(44)33-38)37-18-5-2-6-19-37/h1-33H. The molecule has 0 aliphatic carbocycles. The predicted octanol–water partition coefficient (Wildman–Crippen LogP) is 13.8. The Morgan fingerprint density at radius 3 is 1.33 bits per heavy atom. The molecule has 0 saturated carbocycles. The maximum Gasteiger partial charge on any atom is 0.0625 e. The first kappa shape index (κ1) is 30.1. The minimum atomic E-state index is 1.13. The summed E-state index contributed by atoms with van der Waals surface area (Å²) in [6.45, 7) is 0. The van der Waals surface area contributed by atoms with Crippen LogP contribution in [0.5, 0.6) is 0 Å². The Hall–Kier alpha value is -7.36. The second-order valence-corrected chi connectivity index (χ2v) is 14.5. The van der Waals surface area contributed by atoms with Crippen LogP contribution in [-0.4, -0.2) is 13.7 Å². The summed E-state index contributed by atoms with van der Waals surface area (Å²) in [5.74, 6) is 0. The second kappa shape index (κ2) is 11.6. The molecule has 0 atom stereocenters. The quantitative estimate of drug-likeness (QED) is 0.174. The average Bonchev–Trinajstić information content (AvgIpc) is 3.88. The number of fused-ring (bicyclic) bond motifs is 10. The van der Waals surface area contributed by atoms with Crippen LogP contribution >= 0.6 is 0 Å². The fourth-order valence-electron chi connectivity index (χ4n) is 9.29. The Morgan fingerprint density at radius 2 is 0.709 bits per heavy atom. The Morgan fingerprint density at radius 1 is 0.255 bits per heavy atom. The molecule has 0 N–H and O–H groups in total. The number of rotatable bonds is 4. The maximum atomic E-state index is 2.51. The second-order valence-electron chi connectivity index (χ2n) is 14.5. The third-order valence-corrected chi connectivity index (χ3v) is 11.6. The number of benzene rings is 9. The van der Waals surface area contributed by atoms with Gasteiger partial charge in [0.15, 0.2) is 0 Å². The van der Waals surface area contributed by atoms with Gasteiger partial charge in [0.2, 0.25) is 0 Å². The summed E-state index contributed by atoms with van der Waals surface area (Å²) in [4.78, 5) is 0. The van der Waals surface area contributed by atoms with Crippen LogP contribution in [0.4, 0.5) is 0 Å². The summed E-state index contributed by atoms with van der Waals surface area (Å²) in [5, 5.41) is 9.96. The molecule has 0 fully saturated rings. The molecule has 3 aromatic heterocycles. The van der Waals surface area contributed by atoms with Gasteiger partial charge in [-0.2, -0.15) is 0 Å². The van der Waals surface area contributed by atoms with Crippen LogP contribution in [0, 0.1) is 0 Å². The summed E-state index contributed by atoms with van der Waals surface area (Å²) in [5.41, 5.74) is 13.1. The van der Waals surface area contributed by atoms with Crippen LogP contribution in [0.25, 0.3) is 104 Å². The van der Waals surface area contributed by atoms with E-state index in [0.29, 0.717) is 0 Å². The van der Waals surface area contributed by atoms with E-state index in [1.165, 1.54) is 87.3 Å². The molecule has 0 amide bonds. The lowest BCUT2D eigenvalue weighted by Gasteiger charge is -2.16. The molecule has 12 rings (SSSR count). The predicted molar refractivity (Wildman–Crippen MR) is 232 cm³/mol. The Kier molecular flexibility index (Phi) is 6.34. The summed E-state index contributed by atoms with van der Waals surface area (Å²) in [7, 11) is 0. The monoisotopic (exact) mass is 699 g/mol. The molecule has 0 spiro atoms. The van der Waals surface area contributed by atoms with Gasteiger partial charge in [-0.15, -0.1) is 0 Å². The molecule has 256 valence electrons. The zero-order chi connectivity index (χ0) is 36.0. The number of aromatic nitrogens is 3. The van der Waals surface area contributed by atoms with Crippen molar-refractivity contribution in [2.24, 2.45) is 0 Å². The van der Waals surface area contributed by atoms with Crippen molar-refractivity contribution in [1.82, 2.24) is 13.7 Å². The molecular formula is C52H33N3. The van der Waals surface area contributed by atoms with E-state index in [-0.39, 0.29) is 0 Å². The molecule has 12 aromatic rings. The molecule has 0 aliphatic heterocycles. The van der Waals surface area contributed by atoms with E-state index in [1.54, 1.807) is 0 Å². The summed E-state index contributed by atoms with van der Waals surface area (Å²) < 4.78 is 7.34. The lowest BCUT2D eigenvalue weighted by Crippen LogP contribution is -1.98. The molecule has 3 heteroatoms. The smallest absolute Gasteiger partial charge is 0.0625 e. The molecule has 3 nitrogen and oxygen atoms in total. The van der Waals surface area contributed by atoms with Crippen LogP contribution < -0.4 is 0 Å². The number of hydrogen-bond donors (Lipinski definition) is 0. The van der Waals surface area contributed by atoms with Crippen molar-refractivity contribution in [1.29, 1.82) is 0 Å². The molecule has 0 bridgehead atoms. The van der Waals surface area contributed by atoms with Gasteiger partial charge in [0.25, 0.3) is 0 Å². The molecule has 0 radical (unpaired) electrons. The van der Waals surface area contributed by atoms with Gasteiger partial charge in [0, 0.05) is 54.9 Å². The summed E-state index contributed by atoms with van der Waals surface area (Å²) in [6, 6.07) is 73.3. The number of nitrogens with zero attached hydrogens (tertiary/aromatic N) is 3. The van der Waals surface area contributed by atoms with Gasteiger partial charge in [-0.05, 0) is 83.1 Å². The van der Waals surface area contributed by atoms with Gasteiger partial charge in [-0.3, -0.25) is 0 Å². The normalized spacial score (nSPS) is 12.0. The maximum absolute atomic E-state index is 2.51. The van der Waals surface area contributed by atoms with E-state index < -0.39 is 0 Å². The first-order valence-electron chi connectivity index (χ1n) is 18.9. The molecule has 55 heavy (non-hydrogen) atoms. The van der Waals surface area contributed by atoms with Crippen molar-refractivity contribution in [3.8, 4) is 28.2 Å². The van der Waals surface area contributed by atoms with Gasteiger partial charge in [0.05, 0.1) is 33.1 Å². The molecule has 0 saturated heterocycles. The highest BCUT2D eigenvalue weighted by molar-refractivity contribution is 6.22. The van der Waals surface area contributed by atoms with E-state index in [1.807, 2.05) is 0 Å². The van der Waals surface area contributed by atoms with E-state index in [4.69, 9.17) is 0 Å². The number of hydrogen-bond acceptors (Lipinski definition) is 0. The zero-order valence-corrected chi connectivity index (χ0v) is 29.9. The van der Waals surface area contributed by atoms with E-state index in [9.17, 15) is 0 Å². The van der Waals surface area contributed by atoms with Crippen molar-refractivity contribution < 1.29 is 0 Å². The molecule has 9 aromatic carbocycles. The van der Waals surface area contributed by atoms with Crippen LogP contribution in [0.15, 0.2) is 200 Å². The average molecular weight is 700 g/mol. The van der Waals surface area contributed by atoms with Crippen molar-refractivity contribution >= 4 is 76.2 Å². The Balaban J connectivity index is 1.22. The van der Waals surface area contributed by atoms with Crippen LogP contribution in [0.1, 0.15) is 0 Å². The first-order valence-corrected chi connectivity index (χ1v) is 18.9. The minimum Gasteiger partial charge on any atom is -0.309 e. The van der Waals surface area contributed by atoms with E-state index in [0.717, 1.165) is 17.1 Å². The van der Waals surface area contributed by atoms with Crippen LogP contribution in [0.3, 0.4) is 0 Å². The largest absolute Gasteiger partial charge is 0.309 e. The first-order chi connectivity index (χ1) is 27.3. The van der Waals surface area contributed by atoms with Gasteiger partial charge in [-0.25, -0.2) is 0 Å². The topological polar surface area (TPSA) is 14.8 Å². The summed E-state index contributed by atoms with van der Waals surface area (Å²) >= 11 is 0. The third kappa shape index (κ3) is 4.32. The highest BCUT2D eigenvalue weighted by Crippen LogP contribution is 2.45. The van der Waals surface area contributed by atoms with Crippen LogP contribution in [0.2, 0.25) is 0 Å². The molecule has 0 unspecified atom stereocenters. The highest BCUT2D eigenvalue weighted by atomic mass is 15.0. The fraction of sp³-hybridized carbons (Fsp3) is 0. The lowest BCUT2D eigenvalue weighted by atomic mass is 9.94. The van der Waals surface area contributed by atoms with Gasteiger partial charge < -0.3 is 13.7 Å². The van der Waals surface area contributed by atoms with Crippen molar-refractivity contribution in [3.63, 3.8) is 0 Å². The summed E-state index contributed by atoms with van der Waals surface area (Å²) in [6.07, 6.45) is 0. The van der Waals surface area contributed by atoms with Crippen molar-refractivity contribution in [3.05, 3.63) is 200 Å². The number of para-hydroxylation sites is 5. The highest BCUT2D eigenvalue weighted by Gasteiger charge is 2.22. The molecular weight excluding hydrogens is 667 g/mol. The third-order valence-electron chi connectivity index (χ3n) is 11.6. The van der Waals surface area contributed by atoms with Gasteiger partial charge in [0.1, 0.15) is 0 Å². The van der Waals surface area contributed by atoms with Crippen molar-refractivity contribution in [2.45, 2.75) is 0 Å². The zero-order valence-electron chi connectivity index (χ0n) is 29.9. The Bertz CT molecular complexity index is 3470. The SMILES string of the molecule is c1ccc(-n2c3ccccc3c3ccc(-c4c5ccccc5cc5c6ccccc6n(-c6ccc7c8ccccc8n(-c8ccccc8)c7c6)c45)cc32)cc1. The van der Waals surface area contributed by atoms with E-state index >= 15 is 0 Å². The van der Waals surface area contributed by atoms with Crippen molar-refractivity contribution in [2.75, 3.05) is 0 Å². The van der Waals surface area contributed by atoms with Gasteiger partial charge in [-0.1, -0.05) is 133 Å². The molecule has 3 heterocycles. The molecule has 0 aliphatic rings. The van der Waals surface area contributed by atoms with Crippen LogP contribution in [-0.2, 0) is 0 Å². The fourth-order valence-corrected chi connectivity index (χ4v) is 9.29. The van der Waals surface area contributed by atoms with E-state index in [2.05, 4.69) is 214 Å². The Labute approximate surface area is 317 Å².